The number of piperidine rings is 1. The number of carboxylic acids is 1. The average molecular weight is 358 g/mol. The summed E-state index contributed by atoms with van der Waals surface area (Å²) in [5.41, 5.74) is -1.48. The Morgan fingerprint density at radius 1 is 1.29 bits per heavy atom. The summed E-state index contributed by atoms with van der Waals surface area (Å²) in [6.45, 7) is 5.77. The van der Waals surface area contributed by atoms with Gasteiger partial charge in [-0.15, -0.1) is 0 Å². The number of rotatable bonds is 2. The first kappa shape index (κ1) is 18.5. The van der Waals surface area contributed by atoms with Crippen LogP contribution in [0, 0.1) is 5.82 Å². The van der Waals surface area contributed by atoms with Crippen LogP contribution in [-0.4, -0.2) is 40.8 Å². The van der Waals surface area contributed by atoms with E-state index in [1.165, 1.54) is 23.1 Å². The van der Waals surface area contributed by atoms with Crippen molar-refractivity contribution in [3.8, 4) is 0 Å². The van der Waals surface area contributed by atoms with Crippen LogP contribution >= 0.6 is 11.6 Å². The van der Waals surface area contributed by atoms with Gasteiger partial charge in [-0.25, -0.2) is 9.18 Å². The highest BCUT2D eigenvalue weighted by Gasteiger charge is 2.44. The zero-order valence-corrected chi connectivity index (χ0v) is 14.7. The van der Waals surface area contributed by atoms with Gasteiger partial charge in [0.05, 0.1) is 10.4 Å². The maximum atomic E-state index is 13.7. The lowest BCUT2D eigenvalue weighted by Gasteiger charge is -2.39. The second-order valence-corrected chi connectivity index (χ2v) is 7.39. The maximum Gasteiger partial charge on any atom is 0.410 e. The molecule has 7 heteroatoms. The van der Waals surface area contributed by atoms with Crippen molar-refractivity contribution in [3.05, 3.63) is 34.6 Å². The van der Waals surface area contributed by atoms with Crippen LogP contribution in [0.4, 0.5) is 9.18 Å². The Hall–Kier alpha value is -1.82. The molecule has 132 valence electrons. The van der Waals surface area contributed by atoms with Crippen molar-refractivity contribution in [2.45, 2.75) is 44.6 Å². The van der Waals surface area contributed by atoms with Gasteiger partial charge in [0.2, 0.25) is 0 Å². The first-order valence-electron chi connectivity index (χ1n) is 7.72. The van der Waals surface area contributed by atoms with Crippen LogP contribution in [0.15, 0.2) is 18.2 Å². The lowest BCUT2D eigenvalue weighted by molar-refractivity contribution is -0.146. The third-order valence-electron chi connectivity index (χ3n) is 4.15. The largest absolute Gasteiger partial charge is 0.481 e. The predicted molar refractivity (Wildman–Crippen MR) is 87.8 cm³/mol. The van der Waals surface area contributed by atoms with Gasteiger partial charge in [0.25, 0.3) is 0 Å². The van der Waals surface area contributed by atoms with Crippen molar-refractivity contribution < 1.29 is 23.8 Å². The minimum absolute atomic E-state index is 0.0505. The molecule has 0 saturated carbocycles. The normalized spacial score (nSPS) is 17.5. The zero-order valence-electron chi connectivity index (χ0n) is 13.9. The van der Waals surface area contributed by atoms with Crippen LogP contribution in [0.3, 0.4) is 0 Å². The molecule has 0 aromatic heterocycles. The van der Waals surface area contributed by atoms with E-state index in [1.54, 1.807) is 20.8 Å². The summed E-state index contributed by atoms with van der Waals surface area (Å²) >= 11 is 5.68. The molecule has 1 aliphatic rings. The van der Waals surface area contributed by atoms with E-state index < -0.39 is 28.9 Å². The van der Waals surface area contributed by atoms with E-state index in [4.69, 9.17) is 16.3 Å². The molecule has 0 radical (unpaired) electrons. The number of ether oxygens (including phenoxy) is 1. The summed E-state index contributed by atoms with van der Waals surface area (Å²) < 4.78 is 19.1. The summed E-state index contributed by atoms with van der Waals surface area (Å²) in [4.78, 5) is 25.5. The van der Waals surface area contributed by atoms with Gasteiger partial charge in [-0.2, -0.15) is 0 Å². The van der Waals surface area contributed by atoms with Crippen LogP contribution in [0.1, 0.15) is 39.2 Å². The molecular weight excluding hydrogens is 337 g/mol. The van der Waals surface area contributed by atoms with E-state index in [0.29, 0.717) is 5.56 Å². The summed E-state index contributed by atoms with van der Waals surface area (Å²) in [5.74, 6) is -1.68. The molecule has 0 spiro atoms. The van der Waals surface area contributed by atoms with Crippen molar-refractivity contribution in [3.63, 3.8) is 0 Å². The second-order valence-electron chi connectivity index (χ2n) is 6.98. The summed E-state index contributed by atoms with van der Waals surface area (Å²) in [6.07, 6.45) is -0.102. The number of hydrogen-bond donors (Lipinski definition) is 1. The monoisotopic (exact) mass is 357 g/mol. The molecule has 0 aliphatic carbocycles. The molecule has 24 heavy (non-hydrogen) atoms. The van der Waals surface area contributed by atoms with Gasteiger partial charge in [-0.3, -0.25) is 4.79 Å². The number of aliphatic carboxylic acids is 1. The number of hydrogen-bond acceptors (Lipinski definition) is 3. The lowest BCUT2D eigenvalue weighted by Crippen LogP contribution is -2.50. The number of amides is 1. The second kappa shape index (κ2) is 6.59. The van der Waals surface area contributed by atoms with E-state index in [1.807, 2.05) is 0 Å². The number of carbonyl (C=O) groups is 2. The smallest absolute Gasteiger partial charge is 0.410 e. The van der Waals surface area contributed by atoms with Gasteiger partial charge in [0, 0.05) is 13.1 Å². The molecule has 1 heterocycles. The molecule has 2 rings (SSSR count). The van der Waals surface area contributed by atoms with E-state index in [-0.39, 0.29) is 31.0 Å². The number of carbonyl (C=O) groups excluding carboxylic acids is 1. The first-order valence-corrected chi connectivity index (χ1v) is 8.10. The Morgan fingerprint density at radius 3 is 2.33 bits per heavy atom. The van der Waals surface area contributed by atoms with Crippen LogP contribution in [0.25, 0.3) is 0 Å². The van der Waals surface area contributed by atoms with Gasteiger partial charge >= 0.3 is 12.1 Å². The van der Waals surface area contributed by atoms with Gasteiger partial charge in [0.15, 0.2) is 0 Å². The SMILES string of the molecule is CC(C)(C)OC(=O)N1CCC(C(=O)O)(c2ccc(Cl)c(F)c2)CC1. The molecule has 1 aliphatic heterocycles. The molecule has 0 unspecified atom stereocenters. The molecule has 0 bridgehead atoms. The number of nitrogens with zero attached hydrogens (tertiary/aromatic N) is 1. The van der Waals surface area contributed by atoms with Gasteiger partial charge < -0.3 is 14.7 Å². The molecule has 1 aromatic carbocycles. The highest BCUT2D eigenvalue weighted by Crippen LogP contribution is 2.37. The number of carboxylic acid groups (broad SMARTS) is 1. The topological polar surface area (TPSA) is 66.8 Å². The number of halogens is 2. The minimum atomic E-state index is -1.23. The Bertz CT molecular complexity index is 648. The highest BCUT2D eigenvalue weighted by molar-refractivity contribution is 6.30. The summed E-state index contributed by atoms with van der Waals surface area (Å²) in [7, 11) is 0. The highest BCUT2D eigenvalue weighted by atomic mass is 35.5. The molecule has 0 atom stereocenters. The Balaban J connectivity index is 2.19. The molecule has 1 fully saturated rings. The molecule has 1 amide bonds. The van der Waals surface area contributed by atoms with E-state index in [0.717, 1.165) is 0 Å². The number of likely N-dealkylation sites (tertiary alicyclic amines) is 1. The lowest BCUT2D eigenvalue weighted by atomic mass is 9.73. The van der Waals surface area contributed by atoms with Crippen LogP contribution in [-0.2, 0) is 14.9 Å². The van der Waals surface area contributed by atoms with Gasteiger partial charge in [-0.1, -0.05) is 17.7 Å². The fourth-order valence-electron chi connectivity index (χ4n) is 2.82. The van der Waals surface area contributed by atoms with Crippen molar-refractivity contribution in [1.82, 2.24) is 4.90 Å². The van der Waals surface area contributed by atoms with Gasteiger partial charge in [-0.05, 0) is 51.3 Å². The molecule has 1 aromatic rings. The average Bonchev–Trinajstić information content (AvgIpc) is 2.48. The van der Waals surface area contributed by atoms with E-state index in [2.05, 4.69) is 0 Å². The Labute approximate surface area is 145 Å². The van der Waals surface area contributed by atoms with E-state index >= 15 is 0 Å². The predicted octanol–water partition coefficient (Wildman–Crippen LogP) is 3.83. The zero-order chi connectivity index (χ0) is 18.1. The van der Waals surface area contributed by atoms with Crippen LogP contribution in [0.5, 0.6) is 0 Å². The Kier molecular flexibility index (Phi) is 5.08. The fraction of sp³-hybridized carbons (Fsp3) is 0.529. The third kappa shape index (κ3) is 3.80. The van der Waals surface area contributed by atoms with Crippen molar-refractivity contribution >= 4 is 23.7 Å². The fourth-order valence-corrected chi connectivity index (χ4v) is 2.93. The quantitative estimate of drug-likeness (QED) is 0.873. The maximum absolute atomic E-state index is 13.7. The molecule has 1 saturated heterocycles. The number of benzene rings is 1. The first-order chi connectivity index (χ1) is 11.0. The van der Waals surface area contributed by atoms with Crippen molar-refractivity contribution in [2.75, 3.05) is 13.1 Å². The molecule has 5 nitrogen and oxygen atoms in total. The minimum Gasteiger partial charge on any atom is -0.481 e. The van der Waals surface area contributed by atoms with Crippen molar-refractivity contribution in [1.29, 1.82) is 0 Å². The van der Waals surface area contributed by atoms with Crippen molar-refractivity contribution in [2.24, 2.45) is 0 Å². The molecule has 1 N–H and O–H groups in total. The standard InChI is InChI=1S/C17H21ClFNO4/c1-16(2,3)24-15(23)20-8-6-17(7-9-20,14(21)22)11-4-5-12(18)13(19)10-11/h4-5,10H,6-9H2,1-3H3,(H,21,22). The summed E-state index contributed by atoms with van der Waals surface area (Å²) in [6, 6.07) is 4.05. The third-order valence-corrected chi connectivity index (χ3v) is 4.46. The van der Waals surface area contributed by atoms with Gasteiger partial charge in [0.1, 0.15) is 11.4 Å². The van der Waals surface area contributed by atoms with Crippen LogP contribution in [0.2, 0.25) is 5.02 Å². The molecular formula is C17H21ClFNO4. The van der Waals surface area contributed by atoms with E-state index in [9.17, 15) is 19.1 Å². The Morgan fingerprint density at radius 2 is 1.88 bits per heavy atom. The van der Waals surface area contributed by atoms with Crippen LogP contribution < -0.4 is 0 Å². The summed E-state index contributed by atoms with van der Waals surface area (Å²) in [5, 5.41) is 9.67.